The molecule has 1 heterocycles. The summed E-state index contributed by atoms with van der Waals surface area (Å²) in [4.78, 5) is 11.9. The van der Waals surface area contributed by atoms with Crippen LogP contribution in [-0.4, -0.2) is 26.0 Å². The Morgan fingerprint density at radius 2 is 1.91 bits per heavy atom. The molecule has 1 aromatic carbocycles. The molecule has 0 aliphatic carbocycles. The van der Waals surface area contributed by atoms with Crippen molar-refractivity contribution in [1.29, 1.82) is 0 Å². The van der Waals surface area contributed by atoms with Gasteiger partial charge in [-0.2, -0.15) is 0 Å². The second kappa shape index (κ2) is 6.82. The molecule has 0 saturated heterocycles. The normalized spacial score (nSPS) is 11.5. The number of anilines is 1. The summed E-state index contributed by atoms with van der Waals surface area (Å²) in [5.41, 5.74) is 0.405. The molecule has 0 aliphatic rings. The van der Waals surface area contributed by atoms with E-state index in [0.29, 0.717) is 23.8 Å². The number of aromatic nitrogens is 1. The number of rotatable bonds is 6. The molecule has 2 aromatic rings. The molecule has 0 spiro atoms. The van der Waals surface area contributed by atoms with Crippen LogP contribution in [0.5, 0.6) is 0 Å². The minimum absolute atomic E-state index is 0.0403. The van der Waals surface area contributed by atoms with E-state index in [0.717, 1.165) is 0 Å². The second-order valence-electron chi connectivity index (χ2n) is 5.56. The molecular formula is C15H19N3O4S. The van der Waals surface area contributed by atoms with Gasteiger partial charge in [-0.3, -0.25) is 9.52 Å². The summed E-state index contributed by atoms with van der Waals surface area (Å²) in [5.74, 6) is 0.720. The molecule has 0 fully saturated rings. The number of sulfonamides is 1. The summed E-state index contributed by atoms with van der Waals surface area (Å²) in [6.45, 7) is 6.21. The first-order valence-corrected chi connectivity index (χ1v) is 8.60. The highest BCUT2D eigenvalue weighted by Gasteiger charge is 2.17. The van der Waals surface area contributed by atoms with Gasteiger partial charge < -0.3 is 9.84 Å². The maximum absolute atomic E-state index is 12.2. The molecule has 0 saturated carbocycles. The average molecular weight is 337 g/mol. The van der Waals surface area contributed by atoms with Crippen LogP contribution in [0.2, 0.25) is 0 Å². The molecule has 0 atom stereocenters. The molecule has 7 nitrogen and oxygen atoms in total. The number of carbonyl (C=O) groups is 1. The Kier molecular flexibility index (Phi) is 5.05. The Bertz CT molecular complexity index is 779. The largest absolute Gasteiger partial charge is 0.360 e. The van der Waals surface area contributed by atoms with Gasteiger partial charge in [-0.05, 0) is 37.1 Å². The minimum atomic E-state index is -3.77. The molecule has 0 radical (unpaired) electrons. The van der Waals surface area contributed by atoms with Crippen molar-refractivity contribution in [2.24, 2.45) is 5.92 Å². The molecular weight excluding hydrogens is 318 g/mol. The van der Waals surface area contributed by atoms with E-state index in [1.54, 1.807) is 6.92 Å². The smallest absolute Gasteiger partial charge is 0.263 e. The Morgan fingerprint density at radius 1 is 1.26 bits per heavy atom. The van der Waals surface area contributed by atoms with E-state index in [-0.39, 0.29) is 16.6 Å². The number of hydrogen-bond acceptors (Lipinski definition) is 5. The Labute approximate surface area is 135 Å². The SMILES string of the molecule is Cc1cc(NS(=O)(=O)c2ccc(C(=O)NCC(C)C)cc2)no1. The zero-order valence-corrected chi connectivity index (χ0v) is 14.0. The van der Waals surface area contributed by atoms with Crippen molar-refractivity contribution in [3.8, 4) is 0 Å². The monoisotopic (exact) mass is 337 g/mol. The minimum Gasteiger partial charge on any atom is -0.360 e. The van der Waals surface area contributed by atoms with Gasteiger partial charge in [-0.15, -0.1) is 0 Å². The number of nitrogens with zero attached hydrogens (tertiary/aromatic N) is 1. The van der Waals surface area contributed by atoms with Crippen molar-refractivity contribution >= 4 is 21.7 Å². The molecule has 1 amide bonds. The van der Waals surface area contributed by atoms with E-state index in [2.05, 4.69) is 15.2 Å². The number of aryl methyl sites for hydroxylation is 1. The second-order valence-corrected chi connectivity index (χ2v) is 7.24. The quantitative estimate of drug-likeness (QED) is 0.841. The Balaban J connectivity index is 2.10. The van der Waals surface area contributed by atoms with Crippen molar-refractivity contribution in [3.05, 3.63) is 41.7 Å². The predicted octanol–water partition coefficient (Wildman–Crippen LogP) is 2.17. The fourth-order valence-electron chi connectivity index (χ4n) is 1.80. The van der Waals surface area contributed by atoms with Gasteiger partial charge >= 0.3 is 0 Å². The summed E-state index contributed by atoms with van der Waals surface area (Å²) < 4.78 is 31.6. The number of nitrogens with one attached hydrogen (secondary N) is 2. The summed E-state index contributed by atoms with van der Waals surface area (Å²) in [7, 11) is -3.77. The fraction of sp³-hybridized carbons (Fsp3) is 0.333. The van der Waals surface area contributed by atoms with E-state index in [1.165, 1.54) is 30.3 Å². The highest BCUT2D eigenvalue weighted by atomic mass is 32.2. The zero-order valence-electron chi connectivity index (χ0n) is 13.2. The highest BCUT2D eigenvalue weighted by molar-refractivity contribution is 7.92. The maximum Gasteiger partial charge on any atom is 0.263 e. The van der Waals surface area contributed by atoms with Gasteiger partial charge in [0.15, 0.2) is 5.82 Å². The van der Waals surface area contributed by atoms with Crippen molar-refractivity contribution in [1.82, 2.24) is 10.5 Å². The van der Waals surface area contributed by atoms with E-state index in [9.17, 15) is 13.2 Å². The fourth-order valence-corrected chi connectivity index (χ4v) is 2.78. The summed E-state index contributed by atoms with van der Waals surface area (Å²) in [6, 6.07) is 7.17. The zero-order chi connectivity index (χ0) is 17.0. The van der Waals surface area contributed by atoms with Crippen LogP contribution in [0.15, 0.2) is 39.8 Å². The number of carbonyl (C=O) groups excluding carboxylic acids is 1. The van der Waals surface area contributed by atoms with Crippen LogP contribution in [0.4, 0.5) is 5.82 Å². The first kappa shape index (κ1) is 17.0. The molecule has 1 aromatic heterocycles. The van der Waals surface area contributed by atoms with Crippen molar-refractivity contribution in [2.75, 3.05) is 11.3 Å². The van der Waals surface area contributed by atoms with E-state index in [4.69, 9.17) is 4.52 Å². The Hall–Kier alpha value is -2.35. The van der Waals surface area contributed by atoms with Crippen LogP contribution < -0.4 is 10.0 Å². The van der Waals surface area contributed by atoms with Gasteiger partial charge in [-0.1, -0.05) is 19.0 Å². The molecule has 0 unspecified atom stereocenters. The summed E-state index contributed by atoms with van der Waals surface area (Å²) in [5, 5.41) is 6.36. The van der Waals surface area contributed by atoms with Gasteiger partial charge in [0.2, 0.25) is 0 Å². The van der Waals surface area contributed by atoms with Gasteiger partial charge in [0.1, 0.15) is 5.76 Å². The molecule has 124 valence electrons. The van der Waals surface area contributed by atoms with Crippen molar-refractivity contribution in [2.45, 2.75) is 25.7 Å². The number of amides is 1. The number of benzene rings is 1. The lowest BCUT2D eigenvalue weighted by atomic mass is 10.2. The lowest BCUT2D eigenvalue weighted by Gasteiger charge is -2.08. The van der Waals surface area contributed by atoms with Crippen LogP contribution >= 0.6 is 0 Å². The average Bonchev–Trinajstić information content (AvgIpc) is 2.89. The van der Waals surface area contributed by atoms with Crippen LogP contribution in [0.25, 0.3) is 0 Å². The van der Waals surface area contributed by atoms with E-state index in [1.807, 2.05) is 13.8 Å². The van der Waals surface area contributed by atoms with Gasteiger partial charge in [0, 0.05) is 18.2 Å². The first-order valence-electron chi connectivity index (χ1n) is 7.12. The van der Waals surface area contributed by atoms with Gasteiger partial charge in [-0.25, -0.2) is 8.42 Å². The van der Waals surface area contributed by atoms with E-state index < -0.39 is 10.0 Å². The maximum atomic E-state index is 12.2. The summed E-state index contributed by atoms with van der Waals surface area (Å²) >= 11 is 0. The molecule has 0 bridgehead atoms. The molecule has 23 heavy (non-hydrogen) atoms. The molecule has 2 rings (SSSR count). The molecule has 8 heteroatoms. The highest BCUT2D eigenvalue weighted by Crippen LogP contribution is 2.16. The van der Waals surface area contributed by atoms with Crippen LogP contribution in [0.1, 0.15) is 30.0 Å². The van der Waals surface area contributed by atoms with Crippen molar-refractivity contribution in [3.63, 3.8) is 0 Å². The predicted molar refractivity (Wildman–Crippen MR) is 85.7 cm³/mol. The topological polar surface area (TPSA) is 101 Å². The third-order valence-corrected chi connectivity index (χ3v) is 4.34. The van der Waals surface area contributed by atoms with Crippen LogP contribution in [-0.2, 0) is 10.0 Å². The van der Waals surface area contributed by atoms with Crippen molar-refractivity contribution < 1.29 is 17.7 Å². The molecule has 0 aliphatic heterocycles. The van der Waals surface area contributed by atoms with E-state index >= 15 is 0 Å². The Morgan fingerprint density at radius 3 is 2.43 bits per heavy atom. The van der Waals surface area contributed by atoms with Gasteiger partial charge in [0.25, 0.3) is 15.9 Å². The van der Waals surface area contributed by atoms with Crippen LogP contribution in [0.3, 0.4) is 0 Å². The third kappa shape index (κ3) is 4.56. The lowest BCUT2D eigenvalue weighted by Crippen LogP contribution is -2.27. The first-order chi connectivity index (χ1) is 10.8. The standard InChI is InChI=1S/C15H19N3O4S/c1-10(2)9-16-15(19)12-4-6-13(7-5-12)23(20,21)18-14-8-11(3)22-17-14/h4-8,10H,9H2,1-3H3,(H,16,19)(H,17,18). The van der Waals surface area contributed by atoms with Crippen LogP contribution in [0, 0.1) is 12.8 Å². The summed E-state index contributed by atoms with van der Waals surface area (Å²) in [6.07, 6.45) is 0. The molecule has 2 N–H and O–H groups in total. The lowest BCUT2D eigenvalue weighted by molar-refractivity contribution is 0.0949. The third-order valence-electron chi connectivity index (χ3n) is 2.96. The number of hydrogen-bond donors (Lipinski definition) is 2. The van der Waals surface area contributed by atoms with Gasteiger partial charge in [0.05, 0.1) is 4.90 Å².